The van der Waals surface area contributed by atoms with Gasteiger partial charge in [0.15, 0.2) is 0 Å². The van der Waals surface area contributed by atoms with Crippen LogP contribution in [0.3, 0.4) is 0 Å². The first-order valence-corrected chi connectivity index (χ1v) is 7.80. The maximum Gasteiger partial charge on any atom is 0.150 e. The van der Waals surface area contributed by atoms with Crippen LogP contribution in [0.4, 0.5) is 14.5 Å². The van der Waals surface area contributed by atoms with Crippen LogP contribution in [0.25, 0.3) is 0 Å². The third-order valence-corrected chi connectivity index (χ3v) is 4.63. The molecule has 1 nitrogen and oxygen atoms in total. The molecule has 2 aromatic carbocycles. The Balaban J connectivity index is 1.65. The average Bonchev–Trinajstić information content (AvgIpc) is 2.35. The number of rotatable bonds is 3. The molecule has 0 amide bonds. The quantitative estimate of drug-likeness (QED) is 0.781. The summed E-state index contributed by atoms with van der Waals surface area (Å²) in [5, 5.41) is 3.17. The molecule has 1 aliphatic carbocycles. The minimum Gasteiger partial charge on any atom is -0.379 e. The van der Waals surface area contributed by atoms with Crippen molar-refractivity contribution in [3.05, 3.63) is 63.6 Å². The van der Waals surface area contributed by atoms with Crippen LogP contribution in [0.5, 0.6) is 0 Å². The molecule has 1 fully saturated rings. The minimum absolute atomic E-state index is 0.228. The van der Waals surface area contributed by atoms with E-state index in [0.29, 0.717) is 16.1 Å². The molecule has 1 saturated carbocycles. The third-order valence-electron chi connectivity index (χ3n) is 4.01. The van der Waals surface area contributed by atoms with Crippen molar-refractivity contribution in [3.63, 3.8) is 0 Å². The van der Waals surface area contributed by atoms with Gasteiger partial charge in [0.2, 0.25) is 0 Å². The van der Waals surface area contributed by atoms with Crippen molar-refractivity contribution in [2.24, 2.45) is 0 Å². The molecule has 0 atom stereocenters. The molecule has 4 heteroatoms. The molecule has 2 aromatic rings. The first-order valence-electron chi connectivity index (χ1n) is 7.00. The lowest BCUT2D eigenvalue weighted by Crippen LogP contribution is -2.34. The van der Waals surface area contributed by atoms with Crippen LogP contribution in [0.1, 0.15) is 29.9 Å². The van der Waals surface area contributed by atoms with E-state index < -0.39 is 11.6 Å². The van der Waals surface area contributed by atoms with E-state index in [0.717, 1.165) is 18.9 Å². The summed E-state index contributed by atoms with van der Waals surface area (Å²) in [5.41, 5.74) is 2.95. The Hall–Kier alpha value is -1.42. The Morgan fingerprint density at radius 2 is 1.90 bits per heavy atom. The summed E-state index contributed by atoms with van der Waals surface area (Å²) in [6.07, 6.45) is 1.93. The second kappa shape index (κ2) is 5.76. The highest BCUT2D eigenvalue weighted by Crippen LogP contribution is 2.40. The molecule has 3 rings (SSSR count). The molecule has 1 aliphatic rings. The van der Waals surface area contributed by atoms with Gasteiger partial charge in [0, 0.05) is 16.6 Å². The molecule has 0 saturated heterocycles. The number of hydrogen-bond donors (Lipinski definition) is 1. The summed E-state index contributed by atoms with van der Waals surface area (Å²) in [6, 6.07) is 10.9. The maximum absolute atomic E-state index is 13.8. The van der Waals surface area contributed by atoms with Gasteiger partial charge in [0.05, 0.1) is 5.69 Å². The van der Waals surface area contributed by atoms with E-state index in [1.807, 2.05) is 0 Å². The highest BCUT2D eigenvalue weighted by Gasteiger charge is 2.31. The maximum atomic E-state index is 13.8. The molecule has 0 spiro atoms. The van der Waals surface area contributed by atoms with Crippen LogP contribution in [-0.4, -0.2) is 6.04 Å². The van der Waals surface area contributed by atoms with Crippen LogP contribution in [0.15, 0.2) is 40.9 Å². The Morgan fingerprint density at radius 3 is 2.57 bits per heavy atom. The highest BCUT2D eigenvalue weighted by atomic mass is 79.9. The van der Waals surface area contributed by atoms with Crippen LogP contribution >= 0.6 is 15.9 Å². The van der Waals surface area contributed by atoms with Crippen molar-refractivity contribution in [1.29, 1.82) is 0 Å². The summed E-state index contributed by atoms with van der Waals surface area (Å²) in [5.74, 6) is -0.610. The Kier molecular flexibility index (Phi) is 3.98. The standard InChI is InChI=1S/C17H16BrF2N/c1-10-3-2-4-11(5-10)12-6-14(7-12)21-17-15(18)8-13(19)9-16(17)20/h2-5,8-9,12,14,21H,6-7H2,1H3. The van der Waals surface area contributed by atoms with E-state index in [1.54, 1.807) is 0 Å². The average molecular weight is 352 g/mol. The minimum atomic E-state index is -0.573. The summed E-state index contributed by atoms with van der Waals surface area (Å²) >= 11 is 3.21. The third kappa shape index (κ3) is 3.10. The number of aryl methyl sites for hydroxylation is 1. The summed E-state index contributed by atoms with van der Waals surface area (Å²) in [4.78, 5) is 0. The topological polar surface area (TPSA) is 12.0 Å². The molecule has 1 N–H and O–H groups in total. The molecule has 0 unspecified atom stereocenters. The molecule has 110 valence electrons. The zero-order valence-electron chi connectivity index (χ0n) is 11.7. The van der Waals surface area contributed by atoms with Crippen molar-refractivity contribution >= 4 is 21.6 Å². The van der Waals surface area contributed by atoms with Gasteiger partial charge in [-0.1, -0.05) is 29.8 Å². The number of anilines is 1. The lowest BCUT2D eigenvalue weighted by atomic mass is 9.75. The first-order chi connectivity index (χ1) is 10.0. The van der Waals surface area contributed by atoms with E-state index in [2.05, 4.69) is 52.4 Å². The van der Waals surface area contributed by atoms with Crippen molar-refractivity contribution in [3.8, 4) is 0 Å². The van der Waals surface area contributed by atoms with E-state index in [-0.39, 0.29) is 6.04 Å². The zero-order valence-corrected chi connectivity index (χ0v) is 13.3. The monoisotopic (exact) mass is 351 g/mol. The van der Waals surface area contributed by atoms with E-state index in [9.17, 15) is 8.78 Å². The predicted octanol–water partition coefficient (Wildman–Crippen LogP) is 5.39. The summed E-state index contributed by atoms with van der Waals surface area (Å²) in [7, 11) is 0. The second-order valence-corrected chi connectivity index (χ2v) is 6.52. The fraction of sp³-hybridized carbons (Fsp3) is 0.294. The van der Waals surface area contributed by atoms with Crippen molar-refractivity contribution < 1.29 is 8.78 Å². The lowest BCUT2D eigenvalue weighted by molar-refractivity contribution is 0.372. The van der Waals surface area contributed by atoms with Crippen LogP contribution < -0.4 is 5.32 Å². The summed E-state index contributed by atoms with van der Waals surface area (Å²) < 4.78 is 27.3. The lowest BCUT2D eigenvalue weighted by Gasteiger charge is -2.37. The molecule has 21 heavy (non-hydrogen) atoms. The van der Waals surface area contributed by atoms with Crippen LogP contribution in [0, 0.1) is 18.6 Å². The molecular weight excluding hydrogens is 336 g/mol. The van der Waals surface area contributed by atoms with Gasteiger partial charge >= 0.3 is 0 Å². The molecular formula is C17H16BrF2N. The summed E-state index contributed by atoms with van der Waals surface area (Å²) in [6.45, 7) is 2.09. The van der Waals surface area contributed by atoms with Gasteiger partial charge < -0.3 is 5.32 Å². The first kappa shape index (κ1) is 14.5. The SMILES string of the molecule is Cc1cccc(C2CC(Nc3c(F)cc(F)cc3Br)C2)c1. The van der Waals surface area contributed by atoms with Gasteiger partial charge in [-0.05, 0) is 53.2 Å². The van der Waals surface area contributed by atoms with Gasteiger partial charge in [-0.25, -0.2) is 8.78 Å². The number of hydrogen-bond acceptors (Lipinski definition) is 1. The fourth-order valence-electron chi connectivity index (χ4n) is 2.82. The molecule has 0 radical (unpaired) electrons. The van der Waals surface area contributed by atoms with Crippen molar-refractivity contribution in [2.75, 3.05) is 5.32 Å². The predicted molar refractivity (Wildman–Crippen MR) is 84.6 cm³/mol. The van der Waals surface area contributed by atoms with Gasteiger partial charge in [0.25, 0.3) is 0 Å². The van der Waals surface area contributed by atoms with E-state index in [1.165, 1.54) is 17.2 Å². The van der Waals surface area contributed by atoms with Crippen molar-refractivity contribution in [1.82, 2.24) is 0 Å². The van der Waals surface area contributed by atoms with Crippen LogP contribution in [0.2, 0.25) is 0 Å². The van der Waals surface area contributed by atoms with E-state index in [4.69, 9.17) is 0 Å². The van der Waals surface area contributed by atoms with Gasteiger partial charge in [-0.15, -0.1) is 0 Å². The normalized spacial score (nSPS) is 21.0. The number of halogens is 3. The molecule has 0 aliphatic heterocycles. The van der Waals surface area contributed by atoms with Gasteiger partial charge in [0.1, 0.15) is 11.6 Å². The zero-order chi connectivity index (χ0) is 15.0. The smallest absolute Gasteiger partial charge is 0.150 e. The van der Waals surface area contributed by atoms with Gasteiger partial charge in [-0.2, -0.15) is 0 Å². The Bertz CT molecular complexity index is 643. The highest BCUT2D eigenvalue weighted by molar-refractivity contribution is 9.10. The fourth-order valence-corrected chi connectivity index (χ4v) is 3.34. The molecule has 0 heterocycles. The Labute approximate surface area is 131 Å². The van der Waals surface area contributed by atoms with Crippen LogP contribution in [-0.2, 0) is 0 Å². The number of benzene rings is 2. The van der Waals surface area contributed by atoms with Gasteiger partial charge in [-0.3, -0.25) is 0 Å². The Morgan fingerprint density at radius 1 is 1.14 bits per heavy atom. The molecule has 0 bridgehead atoms. The van der Waals surface area contributed by atoms with Crippen molar-refractivity contribution in [2.45, 2.75) is 31.7 Å². The molecule has 0 aromatic heterocycles. The number of nitrogens with one attached hydrogen (secondary N) is 1. The van der Waals surface area contributed by atoms with E-state index >= 15 is 0 Å². The second-order valence-electron chi connectivity index (χ2n) is 5.67. The largest absolute Gasteiger partial charge is 0.379 e.